The second kappa shape index (κ2) is 48.8. The Labute approximate surface area is 571 Å². The van der Waals surface area contributed by atoms with Crippen LogP contribution >= 0.6 is 35.2 Å². The number of imide groups is 1. The average Bonchev–Trinajstić information content (AvgIpc) is 1.63. The van der Waals surface area contributed by atoms with Crippen molar-refractivity contribution in [3.63, 3.8) is 0 Å². The fourth-order valence-corrected chi connectivity index (χ4v) is 12.3. The average molecular weight is 1490 g/mol. The van der Waals surface area contributed by atoms with E-state index in [-0.39, 0.29) is 93.7 Å². The van der Waals surface area contributed by atoms with E-state index in [4.69, 9.17) is 86.6 Å². The van der Waals surface area contributed by atoms with Crippen LogP contribution in [0.3, 0.4) is 0 Å². The highest BCUT2D eigenvalue weighted by molar-refractivity contribution is 8.00. The van der Waals surface area contributed by atoms with Crippen LogP contribution in [0.5, 0.6) is 0 Å². The summed E-state index contributed by atoms with van der Waals surface area (Å²) in [4.78, 5) is 116. The van der Waals surface area contributed by atoms with Gasteiger partial charge >= 0.3 is 23.5 Å². The number of carbonyl (C=O) groups is 5. The molecule has 0 radical (unpaired) electrons. The highest BCUT2D eigenvalue weighted by atomic mass is 32.2. The number of aliphatic hydroxyl groups is 1. The van der Waals surface area contributed by atoms with Crippen LogP contribution in [-0.4, -0.2) is 312 Å². The molecule has 40 nitrogen and oxygen atoms in total. The number of imidazole rings is 1. The zero-order valence-electron chi connectivity index (χ0n) is 55.1. The van der Waals surface area contributed by atoms with Gasteiger partial charge in [0.2, 0.25) is 29.5 Å². The first-order valence-corrected chi connectivity index (χ1v) is 37.0. The van der Waals surface area contributed by atoms with Gasteiger partial charge in [-0.2, -0.15) is 4.31 Å². The van der Waals surface area contributed by atoms with Crippen LogP contribution in [0.15, 0.2) is 12.7 Å². The Hall–Kier alpha value is -3.98. The Morgan fingerprint density at radius 2 is 1.12 bits per heavy atom. The van der Waals surface area contributed by atoms with Crippen molar-refractivity contribution in [1.82, 2.24) is 40.4 Å². The molecule has 2 aliphatic heterocycles. The molecule has 2 aromatic heterocycles. The second-order valence-electron chi connectivity index (χ2n) is 21.6. The van der Waals surface area contributed by atoms with Crippen LogP contribution in [0.2, 0.25) is 0 Å². The standard InChI is InChI=1S/C54H97N10O30P3S/c1-54(2,38-91-97(76,77)94-96(74,75)90-37-42-41(93-95(71,72)73)35-47(92-42)64-40-62-48-50(56)60-39-61-51(48)64)49(68)52(69)59-6-3-44(65)58-8-34-98-43-36-46(67)63(53(43)70)9-7-57-45(66)4-10-78-12-14-80-16-18-82-20-22-84-24-26-86-28-30-88-32-33-89-31-29-87-27-25-85-23-21-83-19-17-81-15-13-79-11-5-55/h39-43,47,49,68H,3-38,55H2,1-2H3,(H,57,66)(H,58,65)(H,59,69)(H,74,75)(H,76,77)(H2,56,60,61)(H2,71,72,73)/t41-,42-,43?,47-,49+/m1/s1. The van der Waals surface area contributed by atoms with E-state index in [1.165, 1.54) is 24.7 Å². The van der Waals surface area contributed by atoms with Crippen molar-refractivity contribution >= 4 is 81.7 Å². The highest BCUT2D eigenvalue weighted by Gasteiger charge is 2.45. The number of aromatic nitrogens is 4. The topological polar surface area (TPSA) is 530 Å². The van der Waals surface area contributed by atoms with Gasteiger partial charge < -0.3 is 114 Å². The molecule has 12 N–H and O–H groups in total. The van der Waals surface area contributed by atoms with E-state index in [0.717, 1.165) is 23.0 Å². The molecule has 4 rings (SSSR count). The van der Waals surface area contributed by atoms with Gasteiger partial charge in [-0.15, -0.1) is 11.8 Å². The smallest absolute Gasteiger partial charge is 0.383 e. The van der Waals surface area contributed by atoms with E-state index in [2.05, 4.69) is 35.2 Å². The van der Waals surface area contributed by atoms with E-state index in [9.17, 15) is 62.3 Å². The Kier molecular flexibility index (Phi) is 43.1. The molecule has 564 valence electrons. The SMILES string of the molecule is CC(C)(COP(=O)(O)OP(=O)(O)OC[C@H]1O[C@@H](n2cnc3c(N)ncnc32)C[C@H]1OP(=O)(O)O)[C@@H](O)C(=O)NCCC(=O)NCCSC1CC(=O)N(CCNC(=O)CCOCCOCCOCCOCCOCCOCCOCCOCCOCCOCCOCCOCCN)C1=O. The fraction of sp³-hybridized carbons (Fsp3) is 0.815. The van der Waals surface area contributed by atoms with Gasteiger partial charge in [0.25, 0.3) is 0 Å². The number of anilines is 1. The monoisotopic (exact) mass is 1490 g/mol. The van der Waals surface area contributed by atoms with E-state index in [1.807, 2.05) is 0 Å². The molecular weight excluding hydrogens is 1390 g/mol. The lowest BCUT2D eigenvalue weighted by molar-refractivity contribution is -0.139. The summed E-state index contributed by atoms with van der Waals surface area (Å²) in [6.07, 6.45) is -4.11. The molecule has 0 bridgehead atoms. The van der Waals surface area contributed by atoms with Crippen molar-refractivity contribution in [3.05, 3.63) is 12.7 Å². The molecule has 2 fully saturated rings. The second-order valence-corrected chi connectivity index (χ2v) is 27.2. The number of amides is 5. The molecule has 0 aromatic carbocycles. The number of nitrogens with zero attached hydrogens (tertiary/aromatic N) is 5. The number of aliphatic hydroxyl groups excluding tert-OH is 1. The number of nitrogens with one attached hydrogen (secondary N) is 3. The Balaban J connectivity index is 0.900. The molecule has 0 saturated carbocycles. The fourth-order valence-electron chi connectivity index (χ4n) is 8.47. The van der Waals surface area contributed by atoms with Gasteiger partial charge in [0.1, 0.15) is 36.4 Å². The van der Waals surface area contributed by atoms with Crippen molar-refractivity contribution in [1.29, 1.82) is 0 Å². The number of likely N-dealkylation sites (tertiary alicyclic amines) is 1. The summed E-state index contributed by atoms with van der Waals surface area (Å²) < 4.78 is 129. The summed E-state index contributed by atoms with van der Waals surface area (Å²) in [7, 11) is -16.2. The van der Waals surface area contributed by atoms with Crippen molar-refractivity contribution in [2.75, 3.05) is 216 Å². The van der Waals surface area contributed by atoms with Gasteiger partial charge in [-0.3, -0.25) is 47.0 Å². The predicted molar refractivity (Wildman–Crippen MR) is 342 cm³/mol. The number of ether oxygens (including phenoxy) is 13. The lowest BCUT2D eigenvalue weighted by atomic mass is 9.87. The lowest BCUT2D eigenvalue weighted by Crippen LogP contribution is -2.46. The summed E-state index contributed by atoms with van der Waals surface area (Å²) in [5, 5.41) is 17.7. The van der Waals surface area contributed by atoms with Crippen LogP contribution in [0.1, 0.15) is 45.8 Å². The van der Waals surface area contributed by atoms with Crippen molar-refractivity contribution in [3.8, 4) is 0 Å². The van der Waals surface area contributed by atoms with Crippen molar-refractivity contribution in [2.45, 2.75) is 69.3 Å². The number of fused-ring (bicyclic) bond motifs is 1. The molecule has 5 amide bonds. The number of hydrogen-bond donors (Lipinski definition) is 10. The van der Waals surface area contributed by atoms with Crippen LogP contribution in [0.25, 0.3) is 11.2 Å². The first-order valence-electron chi connectivity index (χ1n) is 31.5. The normalized spacial score (nSPS) is 18.3. The van der Waals surface area contributed by atoms with Crippen LogP contribution in [0.4, 0.5) is 5.82 Å². The molecule has 44 heteroatoms. The number of hydrogen-bond acceptors (Lipinski definition) is 32. The number of nitrogen functional groups attached to an aromatic ring is 1. The molecule has 2 aromatic rings. The Morgan fingerprint density at radius 3 is 1.62 bits per heavy atom. The maximum absolute atomic E-state index is 13.0. The predicted octanol–water partition coefficient (Wildman–Crippen LogP) is -2.04. The number of phosphoric ester groups is 3. The third-order valence-electron chi connectivity index (χ3n) is 13.4. The highest BCUT2D eigenvalue weighted by Crippen LogP contribution is 2.61. The van der Waals surface area contributed by atoms with Crippen molar-refractivity contribution < 1.29 is 142 Å². The number of thioether (sulfide) groups is 1. The Morgan fingerprint density at radius 1 is 0.653 bits per heavy atom. The quantitative estimate of drug-likeness (QED) is 0.0194. The van der Waals surface area contributed by atoms with E-state index < -0.39 is 95.5 Å². The molecule has 3 unspecified atom stereocenters. The number of carbonyl (C=O) groups excluding carboxylic acids is 5. The summed E-state index contributed by atoms with van der Waals surface area (Å²) in [6.45, 7) is 11.1. The van der Waals surface area contributed by atoms with Gasteiger partial charge in [0.15, 0.2) is 11.5 Å². The summed E-state index contributed by atoms with van der Waals surface area (Å²) in [6, 6.07) is 0. The molecule has 0 spiro atoms. The van der Waals surface area contributed by atoms with Gasteiger partial charge in [-0.25, -0.2) is 28.6 Å². The van der Waals surface area contributed by atoms with Crippen LogP contribution in [0, 0.1) is 5.41 Å². The summed E-state index contributed by atoms with van der Waals surface area (Å²) >= 11 is 1.16. The molecule has 7 atom stereocenters. The van der Waals surface area contributed by atoms with E-state index in [0.29, 0.717) is 152 Å². The largest absolute Gasteiger partial charge is 0.481 e. The lowest BCUT2D eigenvalue weighted by Gasteiger charge is -2.30. The first kappa shape index (κ1) is 86.4. The van der Waals surface area contributed by atoms with Crippen LogP contribution < -0.4 is 27.4 Å². The molecule has 2 saturated heterocycles. The minimum absolute atomic E-state index is 0.0235. The summed E-state index contributed by atoms with van der Waals surface area (Å²) in [5.41, 5.74) is 9.86. The maximum atomic E-state index is 13.0. The number of rotatable bonds is 61. The minimum Gasteiger partial charge on any atom is -0.383 e. The molecule has 4 heterocycles. The van der Waals surface area contributed by atoms with Gasteiger partial charge in [-0.1, -0.05) is 13.8 Å². The zero-order chi connectivity index (χ0) is 71.5. The van der Waals surface area contributed by atoms with Gasteiger partial charge in [-0.05, 0) is 0 Å². The molecule has 2 aliphatic rings. The van der Waals surface area contributed by atoms with E-state index in [1.54, 1.807) is 0 Å². The third-order valence-corrected chi connectivity index (χ3v) is 17.8. The maximum Gasteiger partial charge on any atom is 0.481 e. The molecule has 0 aliphatic carbocycles. The number of phosphoric acid groups is 3. The van der Waals surface area contributed by atoms with Gasteiger partial charge in [0.05, 0.1) is 183 Å². The number of nitrogens with two attached hydrogens (primary N) is 2. The van der Waals surface area contributed by atoms with Crippen molar-refractivity contribution in [2.24, 2.45) is 11.1 Å². The molecular formula is C54H97N10O30P3S. The summed E-state index contributed by atoms with van der Waals surface area (Å²) in [5.74, 6) is -2.41. The molecule has 98 heavy (non-hydrogen) atoms. The van der Waals surface area contributed by atoms with Gasteiger partial charge in [0, 0.05) is 69.6 Å². The third kappa shape index (κ3) is 37.3. The first-order chi connectivity index (χ1) is 46.9. The van der Waals surface area contributed by atoms with E-state index >= 15 is 0 Å². The Bertz CT molecular complexity index is 2770. The minimum atomic E-state index is -5.53. The zero-order valence-corrected chi connectivity index (χ0v) is 58.6. The van der Waals surface area contributed by atoms with Crippen LogP contribution in [-0.2, 0) is 117 Å².